The lowest BCUT2D eigenvalue weighted by molar-refractivity contribution is 0.0653. The van der Waals surface area contributed by atoms with Crippen LogP contribution < -0.4 is 0 Å². The van der Waals surface area contributed by atoms with Gasteiger partial charge in [-0.25, -0.2) is 9.18 Å². The van der Waals surface area contributed by atoms with Crippen molar-refractivity contribution in [3.8, 4) is 0 Å². The van der Waals surface area contributed by atoms with Crippen LogP contribution in [0.3, 0.4) is 0 Å². The Balaban J connectivity index is 1.51. The van der Waals surface area contributed by atoms with E-state index in [0.717, 1.165) is 37.5 Å². The molecule has 1 heterocycles. The standard InChI is InChI=1S/C17H20FNO2/c18-15-4-1-3-14(11-15)17(20)21-12-13-7-9-19(10-8-13)16-5-2-6-16/h1,3-4,11-12,16H,2,5-10H2. The Morgan fingerprint density at radius 1 is 1.29 bits per heavy atom. The van der Waals surface area contributed by atoms with Crippen LogP contribution in [0.5, 0.6) is 0 Å². The Kier molecular flexibility index (Phi) is 4.34. The van der Waals surface area contributed by atoms with Crippen LogP contribution >= 0.6 is 0 Å². The molecule has 0 bridgehead atoms. The van der Waals surface area contributed by atoms with E-state index in [1.807, 2.05) is 0 Å². The van der Waals surface area contributed by atoms with E-state index in [4.69, 9.17) is 4.74 Å². The number of nitrogens with zero attached hydrogens (tertiary/aromatic N) is 1. The molecule has 2 fully saturated rings. The molecule has 1 aliphatic carbocycles. The SMILES string of the molecule is O=C(OC=C1CCN(C2CCC2)CC1)c1cccc(F)c1. The molecule has 3 nitrogen and oxygen atoms in total. The Bertz CT molecular complexity index is 541. The van der Waals surface area contributed by atoms with Gasteiger partial charge < -0.3 is 4.74 Å². The van der Waals surface area contributed by atoms with E-state index in [1.54, 1.807) is 12.3 Å². The summed E-state index contributed by atoms with van der Waals surface area (Å²) in [6.45, 7) is 2.10. The second kappa shape index (κ2) is 6.39. The molecule has 1 aliphatic heterocycles. The molecular formula is C17H20FNO2. The van der Waals surface area contributed by atoms with Crippen molar-refractivity contribution < 1.29 is 13.9 Å². The fourth-order valence-corrected chi connectivity index (χ4v) is 2.87. The number of halogens is 1. The fraction of sp³-hybridized carbons (Fsp3) is 0.471. The first-order chi connectivity index (χ1) is 10.2. The molecule has 1 aromatic carbocycles. The van der Waals surface area contributed by atoms with Gasteiger partial charge in [0.15, 0.2) is 0 Å². The van der Waals surface area contributed by atoms with Gasteiger partial charge >= 0.3 is 5.97 Å². The van der Waals surface area contributed by atoms with Gasteiger partial charge in [0.25, 0.3) is 0 Å². The number of rotatable bonds is 3. The third-order valence-electron chi connectivity index (χ3n) is 4.42. The quantitative estimate of drug-likeness (QED) is 0.630. The van der Waals surface area contributed by atoms with Gasteiger partial charge in [0.1, 0.15) is 5.82 Å². The van der Waals surface area contributed by atoms with Gasteiger partial charge in [-0.05, 0) is 49.5 Å². The lowest BCUT2D eigenvalue weighted by Gasteiger charge is -2.40. The van der Waals surface area contributed by atoms with E-state index in [0.29, 0.717) is 0 Å². The Morgan fingerprint density at radius 3 is 2.67 bits per heavy atom. The maximum Gasteiger partial charge on any atom is 0.343 e. The van der Waals surface area contributed by atoms with Crippen LogP contribution in [-0.2, 0) is 4.74 Å². The molecule has 0 radical (unpaired) electrons. The van der Waals surface area contributed by atoms with Crippen molar-refractivity contribution >= 4 is 5.97 Å². The molecule has 4 heteroatoms. The Hall–Kier alpha value is -1.68. The highest BCUT2D eigenvalue weighted by Crippen LogP contribution is 2.28. The normalized spacial score (nSPS) is 20.0. The second-order valence-electron chi connectivity index (χ2n) is 5.81. The largest absolute Gasteiger partial charge is 0.431 e. The van der Waals surface area contributed by atoms with Gasteiger partial charge in [-0.2, -0.15) is 0 Å². The number of esters is 1. The number of ether oxygens (including phenoxy) is 1. The highest BCUT2D eigenvalue weighted by molar-refractivity contribution is 5.89. The monoisotopic (exact) mass is 289 g/mol. The first-order valence-electron chi connectivity index (χ1n) is 7.61. The van der Waals surface area contributed by atoms with Gasteiger partial charge in [-0.3, -0.25) is 4.90 Å². The van der Waals surface area contributed by atoms with Crippen LogP contribution in [0.2, 0.25) is 0 Å². The zero-order chi connectivity index (χ0) is 14.7. The first kappa shape index (κ1) is 14.3. The molecule has 0 spiro atoms. The molecule has 3 rings (SSSR count). The highest BCUT2D eigenvalue weighted by atomic mass is 19.1. The second-order valence-corrected chi connectivity index (χ2v) is 5.81. The van der Waals surface area contributed by atoms with Crippen molar-refractivity contribution in [1.82, 2.24) is 4.90 Å². The summed E-state index contributed by atoms with van der Waals surface area (Å²) in [7, 11) is 0. The summed E-state index contributed by atoms with van der Waals surface area (Å²) < 4.78 is 18.2. The average molecular weight is 289 g/mol. The summed E-state index contributed by atoms with van der Waals surface area (Å²) in [6.07, 6.45) is 7.47. The van der Waals surface area contributed by atoms with Crippen LogP contribution in [0, 0.1) is 5.82 Å². The number of piperidine rings is 1. The smallest absolute Gasteiger partial charge is 0.343 e. The summed E-state index contributed by atoms with van der Waals surface area (Å²) in [4.78, 5) is 14.4. The van der Waals surface area contributed by atoms with E-state index in [9.17, 15) is 9.18 Å². The number of carbonyl (C=O) groups is 1. The van der Waals surface area contributed by atoms with E-state index in [2.05, 4.69) is 4.90 Å². The number of carbonyl (C=O) groups excluding carboxylic acids is 1. The van der Waals surface area contributed by atoms with E-state index in [1.165, 1.54) is 37.5 Å². The van der Waals surface area contributed by atoms with E-state index in [-0.39, 0.29) is 5.56 Å². The highest BCUT2D eigenvalue weighted by Gasteiger charge is 2.26. The summed E-state index contributed by atoms with van der Waals surface area (Å²) in [6, 6.07) is 6.35. The van der Waals surface area contributed by atoms with E-state index < -0.39 is 11.8 Å². The summed E-state index contributed by atoms with van der Waals surface area (Å²) in [5.41, 5.74) is 1.41. The van der Waals surface area contributed by atoms with Crippen molar-refractivity contribution in [1.29, 1.82) is 0 Å². The number of hydrogen-bond acceptors (Lipinski definition) is 3. The van der Waals surface area contributed by atoms with Crippen LogP contribution in [0.1, 0.15) is 42.5 Å². The van der Waals surface area contributed by atoms with Gasteiger partial charge in [-0.15, -0.1) is 0 Å². The molecule has 0 unspecified atom stereocenters. The van der Waals surface area contributed by atoms with Gasteiger partial charge in [0, 0.05) is 19.1 Å². The average Bonchev–Trinajstić information content (AvgIpc) is 2.44. The van der Waals surface area contributed by atoms with Crippen LogP contribution in [0.25, 0.3) is 0 Å². The third-order valence-corrected chi connectivity index (χ3v) is 4.42. The maximum absolute atomic E-state index is 13.1. The number of benzene rings is 1. The summed E-state index contributed by atoms with van der Waals surface area (Å²) in [5, 5.41) is 0. The van der Waals surface area contributed by atoms with Gasteiger partial charge in [0.05, 0.1) is 11.8 Å². The molecule has 112 valence electrons. The predicted octanol–water partition coefficient (Wildman–Crippen LogP) is 3.51. The zero-order valence-electron chi connectivity index (χ0n) is 12.1. The van der Waals surface area contributed by atoms with E-state index >= 15 is 0 Å². The van der Waals surface area contributed by atoms with Crippen molar-refractivity contribution in [2.24, 2.45) is 0 Å². The van der Waals surface area contributed by atoms with Crippen LogP contribution in [0.15, 0.2) is 36.1 Å². The summed E-state index contributed by atoms with van der Waals surface area (Å²) in [5.74, 6) is -0.922. The first-order valence-corrected chi connectivity index (χ1v) is 7.61. The molecular weight excluding hydrogens is 269 g/mol. The van der Waals surface area contributed by atoms with Crippen molar-refractivity contribution in [3.05, 3.63) is 47.5 Å². The fourth-order valence-electron chi connectivity index (χ4n) is 2.87. The van der Waals surface area contributed by atoms with Crippen molar-refractivity contribution in [2.75, 3.05) is 13.1 Å². The van der Waals surface area contributed by atoms with Crippen molar-refractivity contribution in [3.63, 3.8) is 0 Å². The number of likely N-dealkylation sites (tertiary alicyclic amines) is 1. The lowest BCUT2D eigenvalue weighted by Crippen LogP contribution is -2.43. The van der Waals surface area contributed by atoms with Gasteiger partial charge in [0.2, 0.25) is 0 Å². The molecule has 0 N–H and O–H groups in total. The molecule has 0 amide bonds. The number of hydrogen-bond donors (Lipinski definition) is 0. The molecule has 1 saturated heterocycles. The maximum atomic E-state index is 13.1. The summed E-state index contributed by atoms with van der Waals surface area (Å²) >= 11 is 0. The van der Waals surface area contributed by atoms with Gasteiger partial charge in [-0.1, -0.05) is 12.5 Å². The van der Waals surface area contributed by atoms with Crippen LogP contribution in [-0.4, -0.2) is 30.0 Å². The third kappa shape index (κ3) is 3.50. The minimum atomic E-state index is -0.497. The van der Waals surface area contributed by atoms with Crippen LogP contribution in [0.4, 0.5) is 4.39 Å². The molecule has 0 aromatic heterocycles. The lowest BCUT2D eigenvalue weighted by atomic mass is 9.89. The topological polar surface area (TPSA) is 29.5 Å². The molecule has 1 saturated carbocycles. The molecule has 0 atom stereocenters. The molecule has 1 aromatic rings. The zero-order valence-corrected chi connectivity index (χ0v) is 12.1. The Morgan fingerprint density at radius 2 is 2.05 bits per heavy atom. The minimum absolute atomic E-state index is 0.249. The predicted molar refractivity (Wildman–Crippen MR) is 78.3 cm³/mol. The van der Waals surface area contributed by atoms with Crippen molar-refractivity contribution in [2.45, 2.75) is 38.1 Å². The molecule has 2 aliphatic rings. The minimum Gasteiger partial charge on any atom is -0.431 e. The Labute approximate surface area is 124 Å². The molecule has 21 heavy (non-hydrogen) atoms.